The monoisotopic (exact) mass is 281 g/mol. The molecule has 0 saturated carbocycles. The van der Waals surface area contributed by atoms with E-state index in [-0.39, 0.29) is 16.0 Å². The van der Waals surface area contributed by atoms with Crippen LogP contribution in [-0.4, -0.2) is 11.3 Å². The number of nitrogens with zero attached hydrogens (tertiary/aromatic N) is 2. The minimum atomic E-state index is -4.83. The van der Waals surface area contributed by atoms with E-state index in [2.05, 4.69) is 25.7 Å². The summed E-state index contributed by atoms with van der Waals surface area (Å²) < 4.78 is 39.0. The summed E-state index contributed by atoms with van der Waals surface area (Å²) in [6, 6.07) is 2.50. The number of alkyl halides is 3. The van der Waals surface area contributed by atoms with Crippen molar-refractivity contribution >= 4 is 21.6 Å². The molecule has 0 radical (unpaired) electrons. The first kappa shape index (κ1) is 11.6. The van der Waals surface area contributed by atoms with Gasteiger partial charge in [0.2, 0.25) is 0 Å². The van der Waals surface area contributed by atoms with Gasteiger partial charge in [-0.3, -0.25) is 0 Å². The van der Waals surface area contributed by atoms with E-state index >= 15 is 0 Å². The number of halogens is 4. The van der Waals surface area contributed by atoms with Crippen LogP contribution in [0.5, 0.6) is 5.75 Å². The van der Waals surface area contributed by atoms with E-state index in [9.17, 15) is 13.2 Å². The lowest BCUT2D eigenvalue weighted by Gasteiger charge is -2.10. The lowest BCUT2D eigenvalue weighted by molar-refractivity contribution is -0.275. The van der Waals surface area contributed by atoms with Crippen molar-refractivity contribution in [3.8, 4) is 11.8 Å². The number of anilines is 1. The first-order valence-corrected chi connectivity index (χ1v) is 4.24. The number of hydrogen-bond acceptors (Lipinski definition) is 4. The molecule has 0 saturated heterocycles. The molecule has 0 aliphatic carbocycles. The Hall–Kier alpha value is -1.49. The Morgan fingerprint density at radius 2 is 2.13 bits per heavy atom. The van der Waals surface area contributed by atoms with Crippen LogP contribution >= 0.6 is 15.9 Å². The predicted octanol–water partition coefficient (Wildman–Crippen LogP) is 2.20. The smallest absolute Gasteiger partial charge is 0.403 e. The van der Waals surface area contributed by atoms with Crippen molar-refractivity contribution in [3.05, 3.63) is 16.4 Å². The first-order valence-electron chi connectivity index (χ1n) is 3.45. The van der Waals surface area contributed by atoms with Crippen molar-refractivity contribution in [2.75, 3.05) is 5.73 Å². The van der Waals surface area contributed by atoms with E-state index in [1.54, 1.807) is 6.07 Å². The molecule has 8 heteroatoms. The zero-order valence-electron chi connectivity index (χ0n) is 6.97. The number of rotatable bonds is 1. The molecule has 4 nitrogen and oxygen atoms in total. The zero-order chi connectivity index (χ0) is 11.6. The molecule has 0 spiro atoms. The van der Waals surface area contributed by atoms with Crippen LogP contribution in [0, 0.1) is 11.3 Å². The third-order valence-corrected chi connectivity index (χ3v) is 1.87. The Kier molecular flexibility index (Phi) is 3.04. The number of aromatic nitrogens is 1. The average molecular weight is 282 g/mol. The predicted molar refractivity (Wildman–Crippen MR) is 47.7 cm³/mol. The second-order valence-corrected chi connectivity index (χ2v) is 3.13. The largest absolute Gasteiger partial charge is 0.573 e. The van der Waals surface area contributed by atoms with E-state index in [4.69, 9.17) is 11.0 Å². The van der Waals surface area contributed by atoms with Gasteiger partial charge in [-0.15, -0.1) is 13.2 Å². The van der Waals surface area contributed by atoms with Crippen molar-refractivity contribution in [1.82, 2.24) is 4.98 Å². The number of pyridine rings is 1. The normalized spacial score (nSPS) is 10.9. The molecule has 1 rings (SSSR count). The molecular weight excluding hydrogens is 279 g/mol. The number of nitrogen functional groups attached to an aromatic ring is 1. The maximum absolute atomic E-state index is 11.9. The van der Waals surface area contributed by atoms with Gasteiger partial charge >= 0.3 is 6.36 Å². The molecule has 1 aromatic heterocycles. The van der Waals surface area contributed by atoms with Crippen molar-refractivity contribution in [3.63, 3.8) is 0 Å². The van der Waals surface area contributed by atoms with E-state index in [1.807, 2.05) is 0 Å². The van der Waals surface area contributed by atoms with Crippen molar-refractivity contribution in [2.45, 2.75) is 6.36 Å². The van der Waals surface area contributed by atoms with Gasteiger partial charge in [-0.1, -0.05) is 0 Å². The topological polar surface area (TPSA) is 71.9 Å². The van der Waals surface area contributed by atoms with Gasteiger partial charge in [0.1, 0.15) is 10.7 Å². The van der Waals surface area contributed by atoms with Crippen LogP contribution in [0.1, 0.15) is 5.69 Å². The maximum atomic E-state index is 11.9. The standard InChI is InChI=1S/C7H3BrF3N3O/c8-6-5(15-7(9,10)11)1-3(13)4(2-12)14-6/h1H,13H2. The van der Waals surface area contributed by atoms with Crippen LogP contribution in [0.15, 0.2) is 10.7 Å². The Morgan fingerprint density at radius 1 is 1.53 bits per heavy atom. The summed E-state index contributed by atoms with van der Waals surface area (Å²) in [5.41, 5.74) is 4.92. The fourth-order valence-electron chi connectivity index (χ4n) is 0.773. The SMILES string of the molecule is N#Cc1nc(Br)c(OC(F)(F)F)cc1N. The number of ether oxygens (including phenoxy) is 1. The van der Waals surface area contributed by atoms with Gasteiger partial charge in [-0.25, -0.2) is 4.98 Å². The van der Waals surface area contributed by atoms with Gasteiger partial charge in [-0.05, 0) is 15.9 Å². The quantitative estimate of drug-likeness (QED) is 0.801. The number of hydrogen-bond donors (Lipinski definition) is 1. The highest BCUT2D eigenvalue weighted by molar-refractivity contribution is 9.10. The molecule has 1 aromatic rings. The van der Waals surface area contributed by atoms with Gasteiger partial charge in [0, 0.05) is 6.07 Å². The minimum Gasteiger partial charge on any atom is -0.403 e. The molecule has 1 heterocycles. The second-order valence-electron chi connectivity index (χ2n) is 2.37. The lowest BCUT2D eigenvalue weighted by atomic mass is 10.3. The minimum absolute atomic E-state index is 0.170. The zero-order valence-corrected chi connectivity index (χ0v) is 8.56. The summed E-state index contributed by atoms with van der Waals surface area (Å²) in [6.45, 7) is 0. The summed E-state index contributed by atoms with van der Waals surface area (Å²) in [6.07, 6.45) is -4.83. The Labute approximate surface area is 90.6 Å². The fourth-order valence-corrected chi connectivity index (χ4v) is 1.15. The maximum Gasteiger partial charge on any atom is 0.573 e. The van der Waals surface area contributed by atoms with E-state index in [0.717, 1.165) is 6.07 Å². The van der Waals surface area contributed by atoms with Gasteiger partial charge in [-0.2, -0.15) is 5.26 Å². The Bertz CT molecular complexity index is 427. The van der Waals surface area contributed by atoms with Gasteiger partial charge < -0.3 is 10.5 Å². The molecule has 15 heavy (non-hydrogen) atoms. The highest BCUT2D eigenvalue weighted by atomic mass is 79.9. The molecule has 0 aliphatic rings. The molecular formula is C7H3BrF3N3O. The highest BCUT2D eigenvalue weighted by Gasteiger charge is 2.32. The Morgan fingerprint density at radius 3 is 2.60 bits per heavy atom. The van der Waals surface area contributed by atoms with E-state index < -0.39 is 12.1 Å². The molecule has 0 amide bonds. The first-order chi connectivity index (χ1) is 6.83. The number of nitriles is 1. The lowest BCUT2D eigenvalue weighted by Crippen LogP contribution is -2.18. The summed E-state index contributed by atoms with van der Waals surface area (Å²) in [5.74, 6) is -0.584. The van der Waals surface area contributed by atoms with E-state index in [0.29, 0.717) is 0 Å². The highest BCUT2D eigenvalue weighted by Crippen LogP contribution is 2.31. The van der Waals surface area contributed by atoms with Crippen molar-refractivity contribution in [2.24, 2.45) is 0 Å². The Balaban J connectivity index is 3.13. The molecule has 0 atom stereocenters. The molecule has 0 unspecified atom stereocenters. The third-order valence-electron chi connectivity index (χ3n) is 1.30. The summed E-state index contributed by atoms with van der Waals surface area (Å²) in [4.78, 5) is 3.48. The summed E-state index contributed by atoms with van der Waals surface area (Å²) in [5, 5.41) is 8.49. The molecule has 80 valence electrons. The van der Waals surface area contributed by atoms with Gasteiger partial charge in [0.15, 0.2) is 11.4 Å². The van der Waals surface area contributed by atoms with Crippen LogP contribution in [0.2, 0.25) is 0 Å². The van der Waals surface area contributed by atoms with Crippen LogP contribution in [0.4, 0.5) is 18.9 Å². The fraction of sp³-hybridized carbons (Fsp3) is 0.143. The number of nitrogens with two attached hydrogens (primary N) is 1. The second kappa shape index (κ2) is 3.94. The van der Waals surface area contributed by atoms with E-state index in [1.165, 1.54) is 0 Å². The van der Waals surface area contributed by atoms with Gasteiger partial charge in [0.25, 0.3) is 0 Å². The molecule has 0 aromatic carbocycles. The van der Waals surface area contributed by atoms with Crippen LogP contribution in [0.25, 0.3) is 0 Å². The molecule has 0 fully saturated rings. The van der Waals surface area contributed by atoms with Crippen molar-refractivity contribution < 1.29 is 17.9 Å². The van der Waals surface area contributed by atoms with Crippen LogP contribution < -0.4 is 10.5 Å². The molecule has 0 aliphatic heterocycles. The van der Waals surface area contributed by atoms with Crippen LogP contribution in [0.3, 0.4) is 0 Å². The summed E-state index contributed by atoms with van der Waals surface area (Å²) >= 11 is 2.73. The third kappa shape index (κ3) is 2.99. The van der Waals surface area contributed by atoms with Gasteiger partial charge in [0.05, 0.1) is 5.69 Å². The summed E-state index contributed by atoms with van der Waals surface area (Å²) in [7, 11) is 0. The van der Waals surface area contributed by atoms with Crippen molar-refractivity contribution in [1.29, 1.82) is 5.26 Å². The molecule has 0 bridgehead atoms. The van der Waals surface area contributed by atoms with Crippen LogP contribution in [-0.2, 0) is 0 Å². The average Bonchev–Trinajstić information content (AvgIpc) is 2.08. The molecule has 2 N–H and O–H groups in total.